The zero-order valence-corrected chi connectivity index (χ0v) is 4.83. The van der Waals surface area contributed by atoms with Crippen LogP contribution in [0.2, 0.25) is 0 Å². The average molecular weight is 126 g/mol. The first-order chi connectivity index (χ1) is 3.80. The molecule has 0 atom stereocenters. The van der Waals surface area contributed by atoms with E-state index in [2.05, 4.69) is 11.2 Å². The molecule has 3 nitrogen and oxygen atoms in total. The third-order valence-electron chi connectivity index (χ3n) is 0.620. The van der Waals surface area contributed by atoms with E-state index >= 15 is 0 Å². The molecule has 41 valence electrons. The minimum atomic E-state index is 0.0104. The predicted octanol–water partition coefficient (Wildman–Crippen LogP) is 0.227. The number of hydrogen-bond donors (Lipinski definition) is 2. The standard InChI is InChI=1S/C4H4N3S/c5-3(6)4-7-1-2-8-4/h2H,(H3,5,6). The van der Waals surface area contributed by atoms with E-state index in [4.69, 9.17) is 11.1 Å². The maximum Gasteiger partial charge on any atom is 0.158 e. The van der Waals surface area contributed by atoms with Gasteiger partial charge in [-0.3, -0.25) is 5.41 Å². The molecule has 1 rings (SSSR count). The van der Waals surface area contributed by atoms with Crippen LogP contribution in [-0.2, 0) is 0 Å². The predicted molar refractivity (Wildman–Crippen MR) is 32.0 cm³/mol. The molecule has 0 unspecified atom stereocenters. The summed E-state index contributed by atoms with van der Waals surface area (Å²) in [5.74, 6) is 0.0104. The van der Waals surface area contributed by atoms with Gasteiger partial charge in [0.05, 0.1) is 0 Å². The van der Waals surface area contributed by atoms with Gasteiger partial charge in [0.15, 0.2) is 10.8 Å². The van der Waals surface area contributed by atoms with Crippen LogP contribution in [0.4, 0.5) is 0 Å². The number of nitrogens with one attached hydrogen (secondary N) is 1. The van der Waals surface area contributed by atoms with Crippen molar-refractivity contribution in [1.82, 2.24) is 4.98 Å². The van der Waals surface area contributed by atoms with Gasteiger partial charge < -0.3 is 5.73 Å². The van der Waals surface area contributed by atoms with Crippen LogP contribution < -0.4 is 5.73 Å². The zero-order chi connectivity index (χ0) is 5.98. The summed E-state index contributed by atoms with van der Waals surface area (Å²) in [6.07, 6.45) is 2.56. The molecule has 1 aromatic heterocycles. The molecule has 0 fully saturated rings. The minimum Gasteiger partial charge on any atom is -0.382 e. The lowest BCUT2D eigenvalue weighted by Gasteiger charge is -1.83. The van der Waals surface area contributed by atoms with Gasteiger partial charge in [-0.1, -0.05) is 0 Å². The Labute approximate surface area is 50.7 Å². The highest BCUT2D eigenvalue weighted by Crippen LogP contribution is 1.99. The number of nitrogen functional groups attached to an aromatic ring is 1. The van der Waals surface area contributed by atoms with Crippen LogP contribution in [-0.4, -0.2) is 10.8 Å². The minimum absolute atomic E-state index is 0.0104. The summed E-state index contributed by atoms with van der Waals surface area (Å²) < 4.78 is 0. The smallest absolute Gasteiger partial charge is 0.158 e. The molecule has 0 bridgehead atoms. The second-order valence-electron chi connectivity index (χ2n) is 1.20. The number of nitrogens with zero attached hydrogens (tertiary/aromatic N) is 1. The van der Waals surface area contributed by atoms with E-state index in [-0.39, 0.29) is 5.84 Å². The molecule has 0 aliphatic rings. The highest BCUT2D eigenvalue weighted by atomic mass is 32.1. The summed E-state index contributed by atoms with van der Waals surface area (Å²) in [5, 5.41) is 9.05. The molecule has 8 heavy (non-hydrogen) atoms. The van der Waals surface area contributed by atoms with Crippen molar-refractivity contribution >= 4 is 17.2 Å². The van der Waals surface area contributed by atoms with Gasteiger partial charge in [-0.05, 0) is 0 Å². The molecule has 1 heterocycles. The average Bonchev–Trinajstić information content (AvgIpc) is 2.12. The highest BCUT2D eigenvalue weighted by Gasteiger charge is 1.94. The van der Waals surface area contributed by atoms with Crippen LogP contribution in [0.1, 0.15) is 5.01 Å². The Balaban J connectivity index is 2.93. The summed E-state index contributed by atoms with van der Waals surface area (Å²) >= 11 is 1.31. The molecule has 0 aliphatic carbocycles. The number of thiazole rings is 1. The van der Waals surface area contributed by atoms with Gasteiger partial charge in [-0.25, -0.2) is 4.98 Å². The summed E-state index contributed by atoms with van der Waals surface area (Å²) in [6, 6.07) is 0. The third-order valence-corrected chi connectivity index (χ3v) is 1.38. The van der Waals surface area contributed by atoms with E-state index in [9.17, 15) is 0 Å². The molecule has 4 heteroatoms. The van der Waals surface area contributed by atoms with Gasteiger partial charge in [-0.2, -0.15) is 0 Å². The Bertz CT molecular complexity index is 179. The lowest BCUT2D eigenvalue weighted by atomic mass is 10.6. The van der Waals surface area contributed by atoms with Crippen molar-refractivity contribution in [2.24, 2.45) is 5.73 Å². The molecule has 3 N–H and O–H groups in total. The van der Waals surface area contributed by atoms with Crippen molar-refractivity contribution < 1.29 is 0 Å². The lowest BCUT2D eigenvalue weighted by Crippen LogP contribution is -2.09. The molecule has 1 aromatic rings. The second-order valence-corrected chi connectivity index (χ2v) is 2.05. The van der Waals surface area contributed by atoms with Crippen LogP contribution in [0, 0.1) is 11.6 Å². The Morgan fingerprint density at radius 1 is 2.00 bits per heavy atom. The fraction of sp³-hybridized carbons (Fsp3) is 0. The number of aromatic nitrogens is 1. The lowest BCUT2D eigenvalue weighted by molar-refractivity contribution is 1.32. The van der Waals surface area contributed by atoms with Crippen LogP contribution in [0.5, 0.6) is 0 Å². The Morgan fingerprint density at radius 3 is 3.00 bits per heavy atom. The normalized spacial score (nSPS) is 9.00. The van der Waals surface area contributed by atoms with Crippen molar-refractivity contribution in [2.75, 3.05) is 0 Å². The van der Waals surface area contributed by atoms with Gasteiger partial charge >= 0.3 is 0 Å². The monoisotopic (exact) mass is 126 g/mol. The molecular weight excluding hydrogens is 122 g/mol. The number of amidine groups is 1. The Kier molecular flexibility index (Phi) is 1.26. The van der Waals surface area contributed by atoms with Gasteiger partial charge in [0.1, 0.15) is 6.20 Å². The number of nitrogens with two attached hydrogens (primary N) is 1. The zero-order valence-electron chi connectivity index (χ0n) is 4.01. The molecule has 0 spiro atoms. The molecule has 0 amide bonds. The Morgan fingerprint density at radius 2 is 2.75 bits per heavy atom. The van der Waals surface area contributed by atoms with E-state index in [0.29, 0.717) is 5.01 Å². The van der Waals surface area contributed by atoms with Crippen LogP contribution in [0.25, 0.3) is 0 Å². The van der Waals surface area contributed by atoms with E-state index in [1.165, 1.54) is 11.3 Å². The first kappa shape index (κ1) is 5.24. The highest BCUT2D eigenvalue weighted by molar-refractivity contribution is 7.11. The third kappa shape index (κ3) is 0.840. The van der Waals surface area contributed by atoms with Gasteiger partial charge in [0.2, 0.25) is 0 Å². The quantitative estimate of drug-likeness (QED) is 0.418. The SMILES string of the molecule is N=C(N)c1n[c]cs1. The summed E-state index contributed by atoms with van der Waals surface area (Å²) in [4.78, 5) is 3.66. The van der Waals surface area contributed by atoms with Crippen LogP contribution in [0.15, 0.2) is 5.38 Å². The number of rotatable bonds is 1. The van der Waals surface area contributed by atoms with E-state index < -0.39 is 0 Å². The van der Waals surface area contributed by atoms with Crippen molar-refractivity contribution in [1.29, 1.82) is 5.41 Å². The molecule has 1 radical (unpaired) electrons. The van der Waals surface area contributed by atoms with Gasteiger partial charge in [0, 0.05) is 5.38 Å². The second kappa shape index (κ2) is 1.92. The number of hydrogen-bond acceptors (Lipinski definition) is 3. The first-order valence-corrected chi connectivity index (χ1v) is 2.84. The maximum atomic E-state index is 6.86. The van der Waals surface area contributed by atoms with Crippen LogP contribution in [0.3, 0.4) is 0 Å². The topological polar surface area (TPSA) is 62.8 Å². The summed E-state index contributed by atoms with van der Waals surface area (Å²) in [6.45, 7) is 0. The Hall–Kier alpha value is -0.900. The molecule has 0 saturated heterocycles. The molecular formula is C4H4N3S. The fourth-order valence-electron chi connectivity index (χ4n) is 0.317. The summed E-state index contributed by atoms with van der Waals surface area (Å²) in [7, 11) is 0. The fourth-order valence-corrected chi connectivity index (χ4v) is 0.767. The first-order valence-electron chi connectivity index (χ1n) is 1.96. The van der Waals surface area contributed by atoms with Crippen molar-refractivity contribution in [3.05, 3.63) is 16.6 Å². The maximum absolute atomic E-state index is 6.86. The van der Waals surface area contributed by atoms with Gasteiger partial charge in [0.25, 0.3) is 0 Å². The van der Waals surface area contributed by atoms with Crippen LogP contribution >= 0.6 is 11.3 Å². The molecule has 0 aliphatic heterocycles. The van der Waals surface area contributed by atoms with Crippen molar-refractivity contribution in [3.8, 4) is 0 Å². The van der Waals surface area contributed by atoms with E-state index in [1.807, 2.05) is 0 Å². The van der Waals surface area contributed by atoms with E-state index in [1.54, 1.807) is 5.38 Å². The summed E-state index contributed by atoms with van der Waals surface area (Å²) in [5.41, 5.74) is 5.07. The van der Waals surface area contributed by atoms with Gasteiger partial charge in [-0.15, -0.1) is 11.3 Å². The van der Waals surface area contributed by atoms with Crippen molar-refractivity contribution in [2.45, 2.75) is 0 Å². The van der Waals surface area contributed by atoms with Crippen molar-refractivity contribution in [3.63, 3.8) is 0 Å². The van der Waals surface area contributed by atoms with E-state index in [0.717, 1.165) is 0 Å². The molecule has 0 saturated carbocycles. The largest absolute Gasteiger partial charge is 0.382 e. The molecule has 0 aromatic carbocycles.